The second-order valence-corrected chi connectivity index (χ2v) is 9.16. The minimum Gasteiger partial charge on any atom is -0.497 e. The lowest BCUT2D eigenvalue weighted by atomic mass is 9.95. The van der Waals surface area contributed by atoms with E-state index in [1.54, 1.807) is 7.11 Å². The summed E-state index contributed by atoms with van der Waals surface area (Å²) in [5.41, 5.74) is 3.08. The van der Waals surface area contributed by atoms with E-state index in [-0.39, 0.29) is 6.04 Å². The third-order valence-electron chi connectivity index (χ3n) is 6.38. The first-order valence-electron chi connectivity index (χ1n) is 12.0. The maximum Gasteiger partial charge on any atom is 0.416 e. The Hall–Kier alpha value is -3.51. The van der Waals surface area contributed by atoms with E-state index < -0.39 is 17.8 Å². The molecule has 0 fully saturated rings. The standard InChI is InChI=1S/C30H30F3NO2/c1-20-4-3-5-24(16-20)29(34-26-12-10-25(11-13-26)30(31,32)33)19-27(35)14-7-21-6-8-23-18-28(36-2)15-9-22(23)17-21/h3-6,8-13,15-18,27,29,34-35H,7,14,19H2,1-2H3. The van der Waals surface area contributed by atoms with Crippen LogP contribution in [-0.4, -0.2) is 18.3 Å². The monoisotopic (exact) mass is 493 g/mol. The number of ether oxygens (including phenoxy) is 1. The normalized spacial score (nSPS) is 13.4. The lowest BCUT2D eigenvalue weighted by molar-refractivity contribution is -0.137. The van der Waals surface area contributed by atoms with Crippen LogP contribution < -0.4 is 10.1 Å². The summed E-state index contributed by atoms with van der Waals surface area (Å²) >= 11 is 0. The largest absolute Gasteiger partial charge is 0.497 e. The average molecular weight is 494 g/mol. The Morgan fingerprint density at radius 1 is 0.889 bits per heavy atom. The van der Waals surface area contributed by atoms with Gasteiger partial charge in [0.05, 0.1) is 24.8 Å². The van der Waals surface area contributed by atoms with Crippen molar-refractivity contribution in [2.75, 3.05) is 12.4 Å². The number of anilines is 1. The molecule has 0 heterocycles. The van der Waals surface area contributed by atoms with Crippen LogP contribution in [0.3, 0.4) is 0 Å². The Bertz CT molecular complexity index is 1300. The number of hydrogen-bond donors (Lipinski definition) is 2. The van der Waals surface area contributed by atoms with E-state index in [0.717, 1.165) is 45.3 Å². The Kier molecular flexibility index (Phi) is 7.85. The van der Waals surface area contributed by atoms with Gasteiger partial charge < -0.3 is 15.2 Å². The van der Waals surface area contributed by atoms with E-state index in [1.807, 2.05) is 49.4 Å². The van der Waals surface area contributed by atoms with E-state index >= 15 is 0 Å². The van der Waals surface area contributed by atoms with Crippen LogP contribution in [0.25, 0.3) is 10.8 Å². The fourth-order valence-electron chi connectivity index (χ4n) is 4.40. The van der Waals surface area contributed by atoms with Gasteiger partial charge in [-0.2, -0.15) is 13.2 Å². The Morgan fingerprint density at radius 3 is 2.31 bits per heavy atom. The minimum absolute atomic E-state index is 0.249. The summed E-state index contributed by atoms with van der Waals surface area (Å²) in [6.07, 6.45) is -3.26. The number of halogens is 3. The number of aliphatic hydroxyl groups is 1. The number of methoxy groups -OCH3 is 1. The van der Waals surface area contributed by atoms with Crippen molar-refractivity contribution in [3.8, 4) is 5.75 Å². The number of aliphatic hydroxyl groups excluding tert-OH is 1. The van der Waals surface area contributed by atoms with Gasteiger partial charge in [0.1, 0.15) is 5.75 Å². The zero-order valence-corrected chi connectivity index (χ0v) is 20.3. The Balaban J connectivity index is 1.45. The van der Waals surface area contributed by atoms with Crippen molar-refractivity contribution >= 4 is 16.5 Å². The molecule has 2 N–H and O–H groups in total. The third kappa shape index (κ3) is 6.58. The van der Waals surface area contributed by atoms with Gasteiger partial charge in [0.2, 0.25) is 0 Å². The van der Waals surface area contributed by atoms with Crippen LogP contribution in [0.4, 0.5) is 18.9 Å². The highest BCUT2D eigenvalue weighted by molar-refractivity contribution is 5.84. The molecule has 4 rings (SSSR count). The summed E-state index contributed by atoms with van der Waals surface area (Å²) in [4.78, 5) is 0. The SMILES string of the molecule is COc1ccc2cc(CCC(O)CC(Nc3ccc(C(F)(F)F)cc3)c3cccc(C)c3)ccc2c1. The molecule has 0 aliphatic rings. The van der Waals surface area contributed by atoms with E-state index in [2.05, 4.69) is 23.5 Å². The molecule has 0 saturated carbocycles. The van der Waals surface area contributed by atoms with Crippen molar-refractivity contribution in [2.24, 2.45) is 0 Å². The van der Waals surface area contributed by atoms with Crippen molar-refractivity contribution in [1.29, 1.82) is 0 Å². The summed E-state index contributed by atoms with van der Waals surface area (Å²) in [5.74, 6) is 0.813. The Labute approximate surface area is 209 Å². The fraction of sp³-hybridized carbons (Fsp3) is 0.267. The van der Waals surface area contributed by atoms with Gasteiger partial charge in [-0.25, -0.2) is 0 Å². The number of benzene rings is 4. The van der Waals surface area contributed by atoms with Crippen molar-refractivity contribution in [3.63, 3.8) is 0 Å². The number of fused-ring (bicyclic) bond motifs is 1. The van der Waals surface area contributed by atoms with Gasteiger partial charge in [-0.1, -0.05) is 54.1 Å². The quantitative estimate of drug-likeness (QED) is 0.251. The van der Waals surface area contributed by atoms with Crippen molar-refractivity contribution in [3.05, 3.63) is 107 Å². The lowest BCUT2D eigenvalue weighted by Gasteiger charge is -2.24. The first kappa shape index (κ1) is 25.6. The number of rotatable bonds is 9. The highest BCUT2D eigenvalue weighted by Crippen LogP contribution is 2.32. The van der Waals surface area contributed by atoms with Gasteiger partial charge in [-0.15, -0.1) is 0 Å². The maximum absolute atomic E-state index is 12.9. The zero-order valence-electron chi connectivity index (χ0n) is 20.3. The van der Waals surface area contributed by atoms with Crippen LogP contribution in [0.2, 0.25) is 0 Å². The minimum atomic E-state index is -4.38. The molecular weight excluding hydrogens is 463 g/mol. The molecule has 0 aromatic heterocycles. The molecule has 36 heavy (non-hydrogen) atoms. The van der Waals surface area contributed by atoms with E-state index in [1.165, 1.54) is 12.1 Å². The first-order chi connectivity index (χ1) is 17.2. The number of alkyl halides is 3. The smallest absolute Gasteiger partial charge is 0.416 e. The number of nitrogens with one attached hydrogen (secondary N) is 1. The highest BCUT2D eigenvalue weighted by atomic mass is 19.4. The summed E-state index contributed by atoms with van der Waals surface area (Å²) in [5, 5.41) is 16.5. The Morgan fingerprint density at radius 2 is 1.61 bits per heavy atom. The molecule has 0 aliphatic heterocycles. The molecule has 3 nitrogen and oxygen atoms in total. The van der Waals surface area contributed by atoms with Crippen LogP contribution in [-0.2, 0) is 12.6 Å². The van der Waals surface area contributed by atoms with Crippen molar-refractivity contribution < 1.29 is 23.0 Å². The molecule has 2 unspecified atom stereocenters. The van der Waals surface area contributed by atoms with Crippen molar-refractivity contribution in [1.82, 2.24) is 0 Å². The van der Waals surface area contributed by atoms with Crippen molar-refractivity contribution in [2.45, 2.75) is 44.5 Å². The zero-order chi connectivity index (χ0) is 25.7. The second kappa shape index (κ2) is 11.0. The van der Waals surface area contributed by atoms with Gasteiger partial charge in [0, 0.05) is 5.69 Å². The van der Waals surface area contributed by atoms with Crippen LogP contribution in [0.1, 0.15) is 41.1 Å². The second-order valence-electron chi connectivity index (χ2n) is 9.16. The molecule has 188 valence electrons. The number of hydrogen-bond acceptors (Lipinski definition) is 3. The van der Waals surface area contributed by atoms with Gasteiger partial charge in [-0.05, 0) is 84.5 Å². The summed E-state index contributed by atoms with van der Waals surface area (Å²) < 4.78 is 44.1. The molecule has 2 atom stereocenters. The summed E-state index contributed by atoms with van der Waals surface area (Å²) in [6.45, 7) is 1.99. The van der Waals surface area contributed by atoms with Crippen LogP contribution in [0, 0.1) is 6.92 Å². The number of aryl methyl sites for hydroxylation is 2. The van der Waals surface area contributed by atoms with Gasteiger partial charge >= 0.3 is 6.18 Å². The van der Waals surface area contributed by atoms with Crippen LogP contribution in [0.5, 0.6) is 5.75 Å². The van der Waals surface area contributed by atoms with Crippen LogP contribution in [0.15, 0.2) is 84.9 Å². The van der Waals surface area contributed by atoms with E-state index in [4.69, 9.17) is 4.74 Å². The predicted molar refractivity (Wildman–Crippen MR) is 138 cm³/mol. The molecular formula is C30H30F3NO2. The third-order valence-corrected chi connectivity index (χ3v) is 6.38. The molecule has 0 saturated heterocycles. The predicted octanol–water partition coefficient (Wildman–Crippen LogP) is 7.71. The van der Waals surface area contributed by atoms with E-state index in [0.29, 0.717) is 24.9 Å². The van der Waals surface area contributed by atoms with Crippen LogP contribution >= 0.6 is 0 Å². The van der Waals surface area contributed by atoms with Gasteiger partial charge in [0.15, 0.2) is 0 Å². The summed E-state index contributed by atoms with van der Waals surface area (Å²) in [6, 6.07) is 24.9. The van der Waals surface area contributed by atoms with Gasteiger partial charge in [-0.3, -0.25) is 0 Å². The van der Waals surface area contributed by atoms with E-state index in [9.17, 15) is 18.3 Å². The molecule has 0 radical (unpaired) electrons. The molecule has 6 heteroatoms. The molecule has 4 aromatic carbocycles. The fourth-order valence-corrected chi connectivity index (χ4v) is 4.40. The molecule has 0 bridgehead atoms. The summed E-state index contributed by atoms with van der Waals surface area (Å²) in [7, 11) is 1.65. The maximum atomic E-state index is 12.9. The lowest BCUT2D eigenvalue weighted by Crippen LogP contribution is -2.19. The molecule has 0 spiro atoms. The first-order valence-corrected chi connectivity index (χ1v) is 12.0. The topological polar surface area (TPSA) is 41.5 Å². The molecule has 0 aliphatic carbocycles. The highest BCUT2D eigenvalue weighted by Gasteiger charge is 2.30. The molecule has 0 amide bonds. The average Bonchev–Trinajstić information content (AvgIpc) is 2.86. The van der Waals surface area contributed by atoms with Gasteiger partial charge in [0.25, 0.3) is 0 Å². The molecule has 4 aromatic rings.